The SMILES string of the molecule is O=C(NCc1cccc(Cl)c1)[C@@H]1[C@H]2C(=O)N(Cc3ccco3)C[C@]23C=C[C@H]1O3. The third kappa shape index (κ3) is 2.75. The van der Waals surface area contributed by atoms with E-state index < -0.39 is 17.4 Å². The average molecular weight is 399 g/mol. The van der Waals surface area contributed by atoms with Gasteiger partial charge in [-0.1, -0.05) is 35.9 Å². The Labute approximate surface area is 167 Å². The predicted octanol–water partition coefficient (Wildman–Crippen LogP) is 2.53. The maximum atomic E-state index is 13.1. The molecule has 28 heavy (non-hydrogen) atoms. The summed E-state index contributed by atoms with van der Waals surface area (Å²) in [5.74, 6) is -0.555. The van der Waals surface area contributed by atoms with Gasteiger partial charge in [0.05, 0.1) is 37.3 Å². The number of rotatable bonds is 5. The number of furan rings is 1. The van der Waals surface area contributed by atoms with Crippen LogP contribution in [0.25, 0.3) is 0 Å². The van der Waals surface area contributed by atoms with Crippen molar-refractivity contribution in [1.29, 1.82) is 0 Å². The van der Waals surface area contributed by atoms with E-state index in [4.69, 9.17) is 20.8 Å². The summed E-state index contributed by atoms with van der Waals surface area (Å²) in [5.41, 5.74) is 0.194. The molecular weight excluding hydrogens is 380 g/mol. The highest BCUT2D eigenvalue weighted by Gasteiger charge is 2.66. The normalized spacial score (nSPS) is 30.1. The minimum absolute atomic E-state index is 0.0637. The molecule has 6 nitrogen and oxygen atoms in total. The first-order valence-corrected chi connectivity index (χ1v) is 9.64. The quantitative estimate of drug-likeness (QED) is 0.785. The van der Waals surface area contributed by atoms with Crippen LogP contribution in [0.5, 0.6) is 0 Å². The first-order valence-electron chi connectivity index (χ1n) is 9.26. The minimum atomic E-state index is -0.716. The van der Waals surface area contributed by atoms with Crippen molar-refractivity contribution < 1.29 is 18.7 Å². The molecule has 3 aliphatic rings. The second-order valence-corrected chi connectivity index (χ2v) is 7.96. The monoisotopic (exact) mass is 398 g/mol. The van der Waals surface area contributed by atoms with Crippen molar-refractivity contribution >= 4 is 23.4 Å². The number of ether oxygens (including phenoxy) is 1. The molecule has 2 aromatic rings. The Bertz CT molecular complexity index is 957. The van der Waals surface area contributed by atoms with Gasteiger partial charge in [0.15, 0.2) is 0 Å². The summed E-state index contributed by atoms with van der Waals surface area (Å²) >= 11 is 6.00. The Morgan fingerprint density at radius 1 is 1.32 bits per heavy atom. The number of carbonyl (C=O) groups excluding carboxylic acids is 2. The summed E-state index contributed by atoms with van der Waals surface area (Å²) in [6, 6.07) is 11.0. The molecule has 5 rings (SSSR count). The van der Waals surface area contributed by atoms with Crippen molar-refractivity contribution in [3.63, 3.8) is 0 Å². The van der Waals surface area contributed by atoms with E-state index in [2.05, 4.69) is 5.32 Å². The second kappa shape index (κ2) is 6.50. The molecule has 7 heteroatoms. The number of halogens is 1. The number of hydrogen-bond acceptors (Lipinski definition) is 4. The van der Waals surface area contributed by atoms with Crippen LogP contribution in [0.3, 0.4) is 0 Å². The molecule has 0 saturated carbocycles. The number of nitrogens with one attached hydrogen (secondary N) is 1. The van der Waals surface area contributed by atoms with Crippen molar-refractivity contribution in [3.8, 4) is 0 Å². The fraction of sp³-hybridized carbons (Fsp3) is 0.333. The number of amides is 2. The smallest absolute Gasteiger partial charge is 0.230 e. The second-order valence-electron chi connectivity index (χ2n) is 7.52. The van der Waals surface area contributed by atoms with E-state index in [9.17, 15) is 9.59 Å². The van der Waals surface area contributed by atoms with Crippen LogP contribution in [0.2, 0.25) is 5.02 Å². The van der Waals surface area contributed by atoms with Crippen molar-refractivity contribution in [2.75, 3.05) is 6.54 Å². The molecule has 1 aromatic carbocycles. The van der Waals surface area contributed by atoms with Crippen LogP contribution in [0, 0.1) is 11.8 Å². The molecule has 2 amide bonds. The number of likely N-dealkylation sites (tertiary alicyclic amines) is 1. The van der Waals surface area contributed by atoms with Crippen LogP contribution in [-0.2, 0) is 27.4 Å². The number of benzene rings is 1. The summed E-state index contributed by atoms with van der Waals surface area (Å²) in [6.45, 7) is 1.17. The van der Waals surface area contributed by atoms with E-state index in [0.29, 0.717) is 30.4 Å². The van der Waals surface area contributed by atoms with Crippen LogP contribution >= 0.6 is 11.6 Å². The van der Waals surface area contributed by atoms with Crippen LogP contribution < -0.4 is 5.32 Å². The highest BCUT2D eigenvalue weighted by molar-refractivity contribution is 6.30. The van der Waals surface area contributed by atoms with Crippen molar-refractivity contribution in [1.82, 2.24) is 10.2 Å². The van der Waals surface area contributed by atoms with Crippen molar-refractivity contribution in [2.24, 2.45) is 11.8 Å². The Kier molecular flexibility index (Phi) is 4.07. The Morgan fingerprint density at radius 3 is 3.00 bits per heavy atom. The van der Waals surface area contributed by atoms with Gasteiger partial charge in [-0.25, -0.2) is 0 Å². The summed E-state index contributed by atoms with van der Waals surface area (Å²) in [4.78, 5) is 27.8. The van der Waals surface area contributed by atoms with E-state index in [1.807, 2.05) is 36.4 Å². The summed E-state index contributed by atoms with van der Waals surface area (Å²) in [7, 11) is 0. The lowest BCUT2D eigenvalue weighted by Crippen LogP contribution is -2.43. The standard InChI is InChI=1S/C21H19ClN2O4/c22-14-4-1-3-13(9-14)10-23-19(25)17-16-6-7-21(28-16)12-24(20(26)18(17)21)11-15-5-2-8-27-15/h1-9,16-18H,10-12H2,(H,23,25)/t16-,17+,18+,21-/m1/s1. The molecule has 1 spiro atoms. The van der Waals surface area contributed by atoms with Crippen LogP contribution in [-0.4, -0.2) is 35.0 Å². The van der Waals surface area contributed by atoms with Gasteiger partial charge in [-0.05, 0) is 29.8 Å². The molecule has 2 fully saturated rings. The van der Waals surface area contributed by atoms with Gasteiger partial charge in [-0.3, -0.25) is 9.59 Å². The molecule has 0 unspecified atom stereocenters. The van der Waals surface area contributed by atoms with E-state index in [1.165, 1.54) is 0 Å². The summed E-state index contributed by atoms with van der Waals surface area (Å²) < 4.78 is 11.5. The van der Waals surface area contributed by atoms with Gasteiger partial charge in [-0.2, -0.15) is 0 Å². The molecule has 4 atom stereocenters. The van der Waals surface area contributed by atoms with Gasteiger partial charge in [0.25, 0.3) is 0 Å². The van der Waals surface area contributed by atoms with Gasteiger partial charge in [0, 0.05) is 11.6 Å². The van der Waals surface area contributed by atoms with Crippen molar-refractivity contribution in [2.45, 2.75) is 24.8 Å². The number of fused-ring (bicyclic) bond motifs is 1. The summed E-state index contributed by atoms with van der Waals surface area (Å²) in [5, 5.41) is 3.56. The molecule has 1 N–H and O–H groups in total. The number of nitrogens with zero attached hydrogens (tertiary/aromatic N) is 1. The molecule has 2 saturated heterocycles. The first kappa shape index (κ1) is 17.5. The van der Waals surface area contributed by atoms with Gasteiger partial charge in [-0.15, -0.1) is 0 Å². The molecule has 2 bridgehead atoms. The lowest BCUT2D eigenvalue weighted by atomic mass is 9.77. The molecule has 1 aromatic heterocycles. The third-order valence-corrected chi connectivity index (χ3v) is 6.00. The minimum Gasteiger partial charge on any atom is -0.467 e. The molecule has 4 heterocycles. The van der Waals surface area contributed by atoms with Gasteiger partial charge in [0.2, 0.25) is 11.8 Å². The molecule has 0 aliphatic carbocycles. The number of hydrogen-bond donors (Lipinski definition) is 1. The van der Waals surface area contributed by atoms with Crippen LogP contribution in [0.15, 0.2) is 59.2 Å². The zero-order valence-corrected chi connectivity index (χ0v) is 15.8. The lowest BCUT2D eigenvalue weighted by Gasteiger charge is -2.23. The van der Waals surface area contributed by atoms with Gasteiger partial charge < -0.3 is 19.4 Å². The van der Waals surface area contributed by atoms with Gasteiger partial charge in [0.1, 0.15) is 11.4 Å². The first-order chi connectivity index (χ1) is 13.6. The number of carbonyl (C=O) groups is 2. The van der Waals surface area contributed by atoms with E-state index in [-0.39, 0.29) is 17.9 Å². The molecular formula is C21H19ClN2O4. The Balaban J connectivity index is 1.32. The molecule has 0 radical (unpaired) electrons. The zero-order valence-electron chi connectivity index (χ0n) is 15.0. The highest BCUT2D eigenvalue weighted by Crippen LogP contribution is 2.52. The fourth-order valence-electron chi connectivity index (χ4n) is 4.56. The molecule has 3 aliphatic heterocycles. The zero-order chi connectivity index (χ0) is 19.3. The lowest BCUT2D eigenvalue weighted by molar-refractivity contribution is -0.138. The highest BCUT2D eigenvalue weighted by atomic mass is 35.5. The fourth-order valence-corrected chi connectivity index (χ4v) is 4.77. The Hall–Kier alpha value is -2.57. The van der Waals surface area contributed by atoms with E-state index in [1.54, 1.807) is 23.3 Å². The van der Waals surface area contributed by atoms with E-state index >= 15 is 0 Å². The Morgan fingerprint density at radius 2 is 2.21 bits per heavy atom. The van der Waals surface area contributed by atoms with Crippen molar-refractivity contribution in [3.05, 3.63) is 71.2 Å². The average Bonchev–Trinajstić information content (AvgIpc) is 3.43. The van der Waals surface area contributed by atoms with E-state index in [0.717, 1.165) is 5.56 Å². The van der Waals surface area contributed by atoms with Crippen LogP contribution in [0.4, 0.5) is 0 Å². The maximum absolute atomic E-state index is 13.1. The maximum Gasteiger partial charge on any atom is 0.230 e. The van der Waals surface area contributed by atoms with Gasteiger partial charge >= 0.3 is 0 Å². The van der Waals surface area contributed by atoms with Crippen LogP contribution in [0.1, 0.15) is 11.3 Å². The third-order valence-electron chi connectivity index (χ3n) is 5.76. The molecule has 144 valence electrons. The summed E-state index contributed by atoms with van der Waals surface area (Å²) in [6.07, 6.45) is 5.08. The largest absolute Gasteiger partial charge is 0.467 e. The predicted molar refractivity (Wildman–Crippen MR) is 101 cm³/mol. The topological polar surface area (TPSA) is 71.8 Å².